The minimum atomic E-state index is -3.82. The van der Waals surface area contributed by atoms with E-state index in [-0.39, 0.29) is 29.2 Å². The van der Waals surface area contributed by atoms with Crippen LogP contribution in [0.25, 0.3) is 0 Å². The molecule has 2 amide bonds. The van der Waals surface area contributed by atoms with Gasteiger partial charge in [-0.15, -0.1) is 0 Å². The topological polar surface area (TPSA) is 105 Å². The molecule has 0 unspecified atom stereocenters. The van der Waals surface area contributed by atoms with Crippen molar-refractivity contribution in [2.45, 2.75) is 76.2 Å². The molecule has 9 heteroatoms. The van der Waals surface area contributed by atoms with Gasteiger partial charge in [-0.25, -0.2) is 8.42 Å². The Morgan fingerprint density at radius 3 is 2.82 bits per heavy atom. The van der Waals surface area contributed by atoms with Crippen LogP contribution in [0.5, 0.6) is 5.75 Å². The molecule has 1 fully saturated rings. The molecule has 4 rings (SSSR count). The molecule has 2 heterocycles. The number of nitrogens with zero attached hydrogens (tertiary/aromatic N) is 1. The van der Waals surface area contributed by atoms with Gasteiger partial charge in [-0.2, -0.15) is 4.31 Å². The van der Waals surface area contributed by atoms with Crippen molar-refractivity contribution in [3.8, 4) is 5.75 Å². The highest BCUT2D eigenvalue weighted by atomic mass is 32.2. The maximum Gasteiger partial charge on any atom is 0.265 e. The summed E-state index contributed by atoms with van der Waals surface area (Å²) in [6.45, 7) is 4.69. The van der Waals surface area contributed by atoms with Gasteiger partial charge in [0.1, 0.15) is 5.75 Å². The van der Waals surface area contributed by atoms with Crippen molar-refractivity contribution in [1.29, 1.82) is 0 Å². The van der Waals surface area contributed by atoms with Crippen LogP contribution in [-0.4, -0.2) is 50.3 Å². The SMILES string of the molecule is CC[C@H]1Oc2cc(S(=O)(=O)N3CCC[C@H](C(=O)NCCC4=CCCCC4)C3)c(C)cc2NC1=O. The third-order valence-electron chi connectivity index (χ3n) is 6.97. The van der Waals surface area contributed by atoms with E-state index in [9.17, 15) is 18.0 Å². The van der Waals surface area contributed by atoms with Crippen LogP contribution >= 0.6 is 0 Å². The lowest BCUT2D eigenvalue weighted by atomic mass is 9.96. The Labute approximate surface area is 202 Å². The van der Waals surface area contributed by atoms with E-state index in [0.717, 1.165) is 19.3 Å². The molecule has 186 valence electrons. The first-order valence-electron chi connectivity index (χ1n) is 12.4. The molecular formula is C25H35N3O5S. The monoisotopic (exact) mass is 489 g/mol. The van der Waals surface area contributed by atoms with Crippen LogP contribution in [0, 0.1) is 12.8 Å². The van der Waals surface area contributed by atoms with E-state index < -0.39 is 16.1 Å². The summed E-state index contributed by atoms with van der Waals surface area (Å²) >= 11 is 0. The van der Waals surface area contributed by atoms with Crippen molar-refractivity contribution in [2.24, 2.45) is 5.92 Å². The van der Waals surface area contributed by atoms with Crippen molar-refractivity contribution in [3.63, 3.8) is 0 Å². The molecule has 1 aromatic carbocycles. The number of hydrogen-bond acceptors (Lipinski definition) is 5. The first-order valence-corrected chi connectivity index (χ1v) is 13.8. The molecule has 0 aromatic heterocycles. The predicted molar refractivity (Wildman–Crippen MR) is 130 cm³/mol. The van der Waals surface area contributed by atoms with E-state index >= 15 is 0 Å². The van der Waals surface area contributed by atoms with Gasteiger partial charge in [-0.1, -0.05) is 18.6 Å². The summed E-state index contributed by atoms with van der Waals surface area (Å²) in [7, 11) is -3.82. The molecule has 2 N–H and O–H groups in total. The lowest BCUT2D eigenvalue weighted by Crippen LogP contribution is -2.45. The summed E-state index contributed by atoms with van der Waals surface area (Å²) in [6.07, 6.45) is 9.00. The molecule has 1 aromatic rings. The Kier molecular flexibility index (Phi) is 7.62. The van der Waals surface area contributed by atoms with E-state index in [1.54, 1.807) is 13.0 Å². The third kappa shape index (κ3) is 5.30. The van der Waals surface area contributed by atoms with Gasteiger partial charge >= 0.3 is 0 Å². The second-order valence-electron chi connectivity index (χ2n) is 9.47. The van der Waals surface area contributed by atoms with Crippen molar-refractivity contribution < 1.29 is 22.7 Å². The molecule has 3 aliphatic rings. The number of piperidine rings is 1. The van der Waals surface area contributed by atoms with Gasteiger partial charge < -0.3 is 15.4 Å². The summed E-state index contributed by atoms with van der Waals surface area (Å²) < 4.78 is 34.3. The average Bonchev–Trinajstić information content (AvgIpc) is 2.84. The first kappa shape index (κ1) is 24.7. The maximum absolute atomic E-state index is 13.5. The molecule has 2 atom stereocenters. The number of rotatable bonds is 7. The number of aryl methyl sites for hydroxylation is 1. The fraction of sp³-hybridized carbons (Fsp3) is 0.600. The van der Waals surface area contributed by atoms with Crippen LogP contribution in [0.4, 0.5) is 5.69 Å². The Bertz CT molecular complexity index is 1080. The third-order valence-corrected chi connectivity index (χ3v) is 8.98. The zero-order valence-corrected chi connectivity index (χ0v) is 20.9. The van der Waals surface area contributed by atoms with Crippen LogP contribution < -0.4 is 15.4 Å². The van der Waals surface area contributed by atoms with Crippen molar-refractivity contribution in [3.05, 3.63) is 29.3 Å². The lowest BCUT2D eigenvalue weighted by molar-refractivity contribution is -0.126. The van der Waals surface area contributed by atoms with Crippen molar-refractivity contribution in [1.82, 2.24) is 9.62 Å². The van der Waals surface area contributed by atoms with Crippen LogP contribution in [-0.2, 0) is 19.6 Å². The second-order valence-corrected chi connectivity index (χ2v) is 11.4. The number of nitrogens with one attached hydrogen (secondary N) is 2. The van der Waals surface area contributed by atoms with Gasteiger partial charge in [0.2, 0.25) is 15.9 Å². The predicted octanol–water partition coefficient (Wildman–Crippen LogP) is 3.51. The Morgan fingerprint density at radius 1 is 1.26 bits per heavy atom. The minimum absolute atomic E-state index is 0.0738. The van der Waals surface area contributed by atoms with E-state index in [2.05, 4.69) is 16.7 Å². The van der Waals surface area contributed by atoms with Gasteiger partial charge in [0, 0.05) is 25.7 Å². The number of carbonyl (C=O) groups excluding carboxylic acids is 2. The van der Waals surface area contributed by atoms with Crippen molar-refractivity contribution >= 4 is 27.5 Å². The Balaban J connectivity index is 1.43. The zero-order chi connectivity index (χ0) is 24.3. The lowest BCUT2D eigenvalue weighted by Gasteiger charge is -2.32. The number of allylic oxidation sites excluding steroid dienone is 1. The number of benzene rings is 1. The Hall–Kier alpha value is -2.39. The standard InChI is InChI=1S/C25H35N3O5S/c1-3-21-25(30)27-20-14-17(2)23(15-22(20)33-21)34(31,32)28-13-7-10-19(16-28)24(29)26-12-11-18-8-5-4-6-9-18/h8,14-15,19,21H,3-7,9-13,16H2,1-2H3,(H,26,29)(H,27,30)/t19-,21+/m0/s1. The highest BCUT2D eigenvalue weighted by Gasteiger charge is 2.35. The van der Waals surface area contributed by atoms with Gasteiger partial charge in [0.05, 0.1) is 16.5 Å². The number of ether oxygens (including phenoxy) is 1. The number of amides is 2. The molecule has 0 spiro atoms. The fourth-order valence-electron chi connectivity index (χ4n) is 4.97. The van der Waals surface area contributed by atoms with Crippen LogP contribution in [0.15, 0.2) is 28.7 Å². The van der Waals surface area contributed by atoms with E-state index in [0.29, 0.717) is 49.4 Å². The quantitative estimate of drug-likeness (QED) is 0.571. The minimum Gasteiger partial charge on any atom is -0.478 e. The molecular weight excluding hydrogens is 454 g/mol. The summed E-state index contributed by atoms with van der Waals surface area (Å²) in [4.78, 5) is 25.0. The maximum atomic E-state index is 13.5. The summed E-state index contributed by atoms with van der Waals surface area (Å²) in [5.74, 6) is -0.300. The molecule has 0 bridgehead atoms. The van der Waals surface area contributed by atoms with Crippen LogP contribution in [0.1, 0.15) is 63.9 Å². The highest BCUT2D eigenvalue weighted by Crippen LogP contribution is 2.36. The second kappa shape index (κ2) is 10.5. The smallest absolute Gasteiger partial charge is 0.265 e. The summed E-state index contributed by atoms with van der Waals surface area (Å²) in [6, 6.07) is 3.14. The van der Waals surface area contributed by atoms with Gasteiger partial charge in [0.25, 0.3) is 5.91 Å². The van der Waals surface area contributed by atoms with Crippen molar-refractivity contribution in [2.75, 3.05) is 25.0 Å². The first-order chi connectivity index (χ1) is 16.3. The molecule has 0 saturated carbocycles. The number of anilines is 1. The Morgan fingerprint density at radius 2 is 2.09 bits per heavy atom. The number of sulfonamides is 1. The molecule has 2 aliphatic heterocycles. The largest absolute Gasteiger partial charge is 0.478 e. The van der Waals surface area contributed by atoms with Gasteiger partial charge in [-0.3, -0.25) is 9.59 Å². The van der Waals surface area contributed by atoms with Crippen LogP contribution in [0.2, 0.25) is 0 Å². The molecule has 34 heavy (non-hydrogen) atoms. The van der Waals surface area contributed by atoms with Gasteiger partial charge in [-0.05, 0) is 69.9 Å². The number of carbonyl (C=O) groups is 2. The fourth-order valence-corrected chi connectivity index (χ4v) is 6.71. The van der Waals surface area contributed by atoms with Crippen LogP contribution in [0.3, 0.4) is 0 Å². The summed E-state index contributed by atoms with van der Waals surface area (Å²) in [5.41, 5.74) is 2.42. The number of fused-ring (bicyclic) bond motifs is 1. The summed E-state index contributed by atoms with van der Waals surface area (Å²) in [5, 5.41) is 5.81. The molecule has 8 nitrogen and oxygen atoms in total. The molecule has 0 radical (unpaired) electrons. The van der Waals surface area contributed by atoms with E-state index in [4.69, 9.17) is 4.74 Å². The van der Waals surface area contributed by atoms with Gasteiger partial charge in [0.15, 0.2) is 6.10 Å². The normalized spacial score (nSPS) is 23.4. The average molecular weight is 490 g/mol. The molecule has 1 aliphatic carbocycles. The number of hydrogen-bond donors (Lipinski definition) is 2. The van der Waals surface area contributed by atoms with E-state index in [1.807, 2.05) is 6.92 Å². The van der Waals surface area contributed by atoms with E-state index in [1.165, 1.54) is 28.8 Å². The highest BCUT2D eigenvalue weighted by molar-refractivity contribution is 7.89. The molecule has 1 saturated heterocycles. The zero-order valence-electron chi connectivity index (χ0n) is 20.1.